The molecule has 4 aromatic heterocycles. The van der Waals surface area contributed by atoms with E-state index in [4.69, 9.17) is 8.94 Å². The van der Waals surface area contributed by atoms with Gasteiger partial charge in [0.25, 0.3) is 23.6 Å². The molecule has 4 saturated heterocycles. The Kier molecular flexibility index (Phi) is 18.0. The number of hydrogen-bond acceptors (Lipinski definition) is 18. The lowest BCUT2D eigenvalue weighted by atomic mass is 10.1. The molecule has 0 unspecified atom stereocenters. The summed E-state index contributed by atoms with van der Waals surface area (Å²) in [7, 11) is -10.7. The molecule has 31 heteroatoms. The topological polar surface area (TPSA) is 336 Å². The highest BCUT2D eigenvalue weighted by molar-refractivity contribution is 7.95. The molecule has 4 aliphatic rings. The van der Waals surface area contributed by atoms with Gasteiger partial charge in [0.2, 0.25) is 40.1 Å². The average molecular weight is 1430 g/mol. The van der Waals surface area contributed by atoms with Crippen LogP contribution in [0.4, 0.5) is 45.5 Å². The summed E-state index contributed by atoms with van der Waals surface area (Å²) in [5, 5.41) is 17.2. The Bertz CT molecular complexity index is 5480. The van der Waals surface area contributed by atoms with Crippen molar-refractivity contribution in [2.24, 2.45) is 7.05 Å². The number of aromatic nitrogens is 4. The van der Waals surface area contributed by atoms with Crippen molar-refractivity contribution in [3.63, 3.8) is 0 Å². The van der Waals surface area contributed by atoms with Gasteiger partial charge in [-0.2, -0.15) is 0 Å². The number of nitrogens with zero attached hydrogens (tertiary/aromatic N) is 8. The fourth-order valence-electron chi connectivity index (χ4n) is 11.0. The molecule has 4 aliphatic heterocycles. The quantitative estimate of drug-likeness (QED) is 0.0883. The number of aryl methyl sites for hydroxylation is 3. The van der Waals surface area contributed by atoms with Crippen LogP contribution in [0.1, 0.15) is 52.7 Å². The van der Waals surface area contributed by atoms with E-state index in [0.717, 1.165) is 43.5 Å². The molecule has 0 aliphatic carbocycles. The van der Waals surface area contributed by atoms with Gasteiger partial charge in [0.1, 0.15) is 5.52 Å². The largest absolute Gasteiger partial charge is 0.443 e. The summed E-state index contributed by atoms with van der Waals surface area (Å²) < 4.78 is 112. The molecule has 506 valence electrons. The first kappa shape index (κ1) is 66.6. The van der Waals surface area contributed by atoms with Crippen molar-refractivity contribution in [3.05, 3.63) is 221 Å². The predicted octanol–water partition coefficient (Wildman–Crippen LogP) is 10.4. The molecule has 0 radical (unpaired) electrons. The van der Waals surface area contributed by atoms with E-state index in [2.05, 4.69) is 36.4 Å². The van der Waals surface area contributed by atoms with Crippen LogP contribution in [0.15, 0.2) is 197 Å². The zero-order chi connectivity index (χ0) is 69.5. The first-order valence-electron chi connectivity index (χ1n) is 30.6. The smallest absolute Gasteiger partial charge is 0.255 e. The highest BCUT2D eigenvalue weighted by atomic mass is 32.2. The van der Waals surface area contributed by atoms with Gasteiger partial charge in [0.05, 0.1) is 67.2 Å². The van der Waals surface area contributed by atoms with Crippen LogP contribution in [0, 0.1) is 13.8 Å². The van der Waals surface area contributed by atoms with Crippen molar-refractivity contribution in [3.8, 4) is 0 Å². The number of carbonyl (C=O) groups excluding carboxylic acids is 4. The number of thiazole rings is 1. The van der Waals surface area contributed by atoms with Gasteiger partial charge in [-0.1, -0.05) is 11.2 Å². The second kappa shape index (κ2) is 26.8. The lowest BCUT2D eigenvalue weighted by Crippen LogP contribution is -2.47. The van der Waals surface area contributed by atoms with Gasteiger partial charge in [0.15, 0.2) is 17.6 Å². The minimum atomic E-state index is -3.16. The fraction of sp³-hybridized carbons (Fsp3) is 0.162. The Hall–Kier alpha value is -11.0. The molecule has 0 atom stereocenters. The third kappa shape index (κ3) is 14.3. The Morgan fingerprint density at radius 1 is 0.455 bits per heavy atom. The van der Waals surface area contributed by atoms with Crippen LogP contribution in [0.25, 0.3) is 43.2 Å². The van der Waals surface area contributed by atoms with Gasteiger partial charge in [-0.25, -0.2) is 43.6 Å². The molecule has 4 amide bonds. The number of fused-ring (bicyclic) bond motifs is 4. The van der Waals surface area contributed by atoms with E-state index in [1.807, 2.05) is 74.1 Å². The number of benzene rings is 8. The third-order valence-corrected chi connectivity index (χ3v) is 24.6. The molecule has 16 rings (SSSR count). The number of rotatable bonds is 12. The van der Waals surface area contributed by atoms with Crippen molar-refractivity contribution in [1.82, 2.24) is 19.7 Å². The van der Waals surface area contributed by atoms with E-state index < -0.39 is 40.1 Å². The average Bonchev–Trinajstić information content (AvgIpc) is 0.883. The first-order valence-corrected chi connectivity index (χ1v) is 37.9. The van der Waals surface area contributed by atoms with Gasteiger partial charge < -0.3 is 34.8 Å². The van der Waals surface area contributed by atoms with Crippen LogP contribution in [0.5, 0.6) is 0 Å². The number of oxazole rings is 1. The molecule has 8 heterocycles. The zero-order valence-corrected chi connectivity index (χ0v) is 57.0. The maximum atomic E-state index is 12.6. The highest BCUT2D eigenvalue weighted by Crippen LogP contribution is 2.32. The van der Waals surface area contributed by atoms with Crippen LogP contribution >= 0.6 is 11.3 Å². The minimum absolute atomic E-state index is 0.166. The summed E-state index contributed by atoms with van der Waals surface area (Å²) in [6.07, 6.45) is 3.32. The molecule has 4 fully saturated rings. The Morgan fingerprint density at radius 3 is 1.39 bits per heavy atom. The molecule has 0 spiro atoms. The van der Waals surface area contributed by atoms with E-state index in [0.29, 0.717) is 105 Å². The number of carbonyl (C=O) groups is 4. The minimum Gasteiger partial charge on any atom is -0.443 e. The molecule has 26 nitrogen and oxygen atoms in total. The monoisotopic (exact) mass is 1430 g/mol. The summed E-state index contributed by atoms with van der Waals surface area (Å²) in [5.41, 5.74) is 14.0. The molecule has 12 aromatic rings. The van der Waals surface area contributed by atoms with Crippen molar-refractivity contribution in [2.75, 3.05) is 87.7 Å². The number of anilines is 8. The van der Waals surface area contributed by atoms with Crippen LogP contribution in [0.3, 0.4) is 0 Å². The normalized spacial score (nSPS) is 15.8. The van der Waals surface area contributed by atoms with Gasteiger partial charge in [-0.3, -0.25) is 36.4 Å². The van der Waals surface area contributed by atoms with Crippen LogP contribution in [-0.4, -0.2) is 126 Å². The summed E-state index contributed by atoms with van der Waals surface area (Å²) in [4.78, 5) is 57.9. The lowest BCUT2D eigenvalue weighted by Gasteiger charge is -2.32. The summed E-state index contributed by atoms with van der Waals surface area (Å²) in [5.74, 6) is -0.330. The van der Waals surface area contributed by atoms with Gasteiger partial charge >= 0.3 is 0 Å². The van der Waals surface area contributed by atoms with Gasteiger partial charge in [0, 0.05) is 95.3 Å². The maximum Gasteiger partial charge on any atom is 0.255 e. The lowest BCUT2D eigenvalue weighted by molar-refractivity contribution is 0.101. The molecular formula is C68H60N12O14S5. The van der Waals surface area contributed by atoms with E-state index in [1.165, 1.54) is 23.6 Å². The number of sulfonamides is 4. The van der Waals surface area contributed by atoms with Crippen LogP contribution in [0.2, 0.25) is 0 Å². The summed E-state index contributed by atoms with van der Waals surface area (Å²) in [6, 6.07) is 48.5. The van der Waals surface area contributed by atoms with E-state index in [9.17, 15) is 52.8 Å². The number of nitrogens with one attached hydrogen (secondary N) is 4. The van der Waals surface area contributed by atoms with Crippen molar-refractivity contribution in [2.45, 2.75) is 13.8 Å². The van der Waals surface area contributed by atoms with Crippen LogP contribution in [-0.2, 0) is 47.1 Å². The van der Waals surface area contributed by atoms with Crippen molar-refractivity contribution in [1.29, 1.82) is 0 Å². The van der Waals surface area contributed by atoms with Crippen molar-refractivity contribution >= 4 is 164 Å². The predicted molar refractivity (Wildman–Crippen MR) is 382 cm³/mol. The zero-order valence-electron chi connectivity index (χ0n) is 52.9. The molecule has 4 N–H and O–H groups in total. The summed E-state index contributed by atoms with van der Waals surface area (Å²) in [6.45, 7) is 5.58. The molecule has 8 aromatic carbocycles. The molecule has 0 saturated carbocycles. The van der Waals surface area contributed by atoms with Gasteiger partial charge in [-0.05, 0) is 189 Å². The summed E-state index contributed by atoms with van der Waals surface area (Å²) >= 11 is 1.55. The van der Waals surface area contributed by atoms with E-state index >= 15 is 0 Å². The standard InChI is InChI=1S/C19H19N3O3S.C17H15N3O4S.C16H13N3O4S.C16H13N3O3S2/c1-13-11-16(22-9-10-26(22,24)25)5-6-17(13)19(23)20-15-4-3-14-7-8-21(2)18(14)12-15;1-11-15-10-13(4-7-16(15)24-19-11)18-17(21)12-2-5-14(6-3-12)20-8-9-25(20,22)23;2*20-16(18-12-3-6-15-14(9-12)17-10-23-15)11-1-4-13(5-2-11)19-7-8-24(19,21)22/h3-8,11-12H,9-10H2,1-2H3,(H,20,23);2-7,10H,8-9H2,1H3,(H,18,21);2*1-6,9-10H,7-8H2,(H,18,20). The number of amides is 4. The SMILES string of the molecule is Cc1cc(N2CCS2(=O)=O)ccc1C(=O)Nc1ccc2ccn(C)c2c1.Cc1noc2ccc(NC(=O)c3ccc(N4CCS4(=O)=O)cc3)cc12.O=C(Nc1ccc2ocnc2c1)c1ccc(N2CCS2(=O)=O)cc1.O=C(Nc1ccc2scnc2c1)c1ccc(N2CCS2(=O)=O)cc1. The van der Waals surface area contributed by atoms with E-state index in [-0.39, 0.29) is 46.6 Å². The molecule has 99 heavy (non-hydrogen) atoms. The fourth-order valence-corrected chi connectivity index (χ4v) is 16.1. The third-order valence-electron chi connectivity index (χ3n) is 16.8. The Labute approximate surface area is 571 Å². The molecule has 0 bridgehead atoms. The second-order valence-electron chi connectivity index (χ2n) is 23.3. The van der Waals surface area contributed by atoms with Crippen LogP contribution < -0.4 is 38.5 Å². The Balaban J connectivity index is 0.000000119. The Morgan fingerprint density at radius 2 is 0.899 bits per heavy atom. The van der Waals surface area contributed by atoms with Gasteiger partial charge in [-0.15, -0.1) is 11.3 Å². The first-order chi connectivity index (χ1) is 47.3. The van der Waals surface area contributed by atoms with E-state index in [1.54, 1.807) is 144 Å². The highest BCUT2D eigenvalue weighted by Gasteiger charge is 2.36. The second-order valence-corrected chi connectivity index (χ2v) is 32.2. The van der Waals surface area contributed by atoms with Crippen molar-refractivity contribution < 1.29 is 61.8 Å². The molecular weight excluding hydrogens is 1370 g/mol. The number of hydrogen-bond donors (Lipinski definition) is 4. The maximum absolute atomic E-state index is 12.6.